The average Bonchev–Trinajstić information content (AvgIpc) is 2.56. The highest BCUT2D eigenvalue weighted by Gasteiger charge is 2.09. The number of aryl methyl sites for hydroxylation is 2. The lowest BCUT2D eigenvalue weighted by Crippen LogP contribution is -1.95. The fourth-order valence-corrected chi connectivity index (χ4v) is 1.83. The molecule has 16 heavy (non-hydrogen) atoms. The number of aromatic nitrogens is 4. The lowest BCUT2D eigenvalue weighted by molar-refractivity contribution is 0.965. The van der Waals surface area contributed by atoms with E-state index >= 15 is 0 Å². The van der Waals surface area contributed by atoms with Crippen molar-refractivity contribution in [3.63, 3.8) is 0 Å². The third-order valence-electron chi connectivity index (χ3n) is 2.72. The lowest BCUT2D eigenvalue weighted by atomic mass is 10.2. The molecule has 0 bridgehead atoms. The molecule has 0 fully saturated rings. The van der Waals surface area contributed by atoms with Crippen LogP contribution in [0.1, 0.15) is 5.69 Å². The van der Waals surface area contributed by atoms with Gasteiger partial charge in [0, 0.05) is 13.2 Å². The predicted octanol–water partition coefficient (Wildman–Crippen LogP) is 1.41. The first-order valence-electron chi connectivity index (χ1n) is 5.01. The summed E-state index contributed by atoms with van der Waals surface area (Å²) in [6, 6.07) is 3.90. The number of nitrogens with zero attached hydrogens (tertiary/aromatic N) is 4. The van der Waals surface area contributed by atoms with Gasteiger partial charge in [0.25, 0.3) is 0 Å². The zero-order chi connectivity index (χ0) is 11.3. The van der Waals surface area contributed by atoms with Crippen LogP contribution < -0.4 is 5.73 Å². The van der Waals surface area contributed by atoms with Gasteiger partial charge in [0.1, 0.15) is 11.0 Å². The molecule has 0 aliphatic rings. The Kier molecular flexibility index (Phi) is 1.65. The fraction of sp³-hybridized carbons (Fsp3) is 0.182. The Bertz CT molecular complexity index is 698. The maximum absolute atomic E-state index is 5.79. The van der Waals surface area contributed by atoms with Gasteiger partial charge in [-0.2, -0.15) is 0 Å². The standard InChI is InChI=1S/C11H11N5/c1-6-5-13-7-3-4-8-10(9(7)14-6)15-11(12)16(8)2/h3-5H,1-2H3,(H2,12,15)/i11+2. The molecule has 0 saturated heterocycles. The number of fused-ring (bicyclic) bond motifs is 3. The Morgan fingerprint density at radius 2 is 2.12 bits per heavy atom. The second-order valence-electron chi connectivity index (χ2n) is 3.84. The van der Waals surface area contributed by atoms with Crippen LogP contribution in [0.5, 0.6) is 0 Å². The van der Waals surface area contributed by atoms with Crippen molar-refractivity contribution in [3.8, 4) is 0 Å². The molecule has 0 amide bonds. The first-order valence-corrected chi connectivity index (χ1v) is 5.01. The lowest BCUT2D eigenvalue weighted by Gasteiger charge is -1.99. The van der Waals surface area contributed by atoms with Crippen molar-refractivity contribution >= 4 is 28.0 Å². The highest BCUT2D eigenvalue weighted by molar-refractivity contribution is 6.00. The van der Waals surface area contributed by atoms with Crippen molar-refractivity contribution in [2.24, 2.45) is 7.05 Å². The minimum Gasteiger partial charge on any atom is -0.369 e. The Morgan fingerprint density at radius 3 is 2.94 bits per heavy atom. The van der Waals surface area contributed by atoms with Gasteiger partial charge in [-0.1, -0.05) is 0 Å². The predicted molar refractivity (Wildman–Crippen MR) is 63.0 cm³/mol. The molecule has 2 N–H and O–H groups in total. The van der Waals surface area contributed by atoms with Crippen LogP contribution in [-0.4, -0.2) is 19.5 Å². The smallest absolute Gasteiger partial charge is 0.201 e. The Morgan fingerprint density at radius 1 is 1.31 bits per heavy atom. The maximum Gasteiger partial charge on any atom is 0.201 e. The van der Waals surface area contributed by atoms with Gasteiger partial charge < -0.3 is 10.3 Å². The summed E-state index contributed by atoms with van der Waals surface area (Å²) in [6.45, 7) is 1.91. The van der Waals surface area contributed by atoms with E-state index in [0.717, 1.165) is 27.8 Å². The second-order valence-corrected chi connectivity index (χ2v) is 3.84. The molecule has 5 nitrogen and oxygen atoms in total. The van der Waals surface area contributed by atoms with Gasteiger partial charge in [0.05, 0.1) is 16.7 Å². The van der Waals surface area contributed by atoms with E-state index in [-0.39, 0.29) is 0 Å². The fourth-order valence-electron chi connectivity index (χ4n) is 1.83. The third-order valence-corrected chi connectivity index (χ3v) is 2.72. The maximum atomic E-state index is 5.79. The summed E-state index contributed by atoms with van der Waals surface area (Å²) in [5, 5.41) is 0. The Hall–Kier alpha value is -2.17. The van der Waals surface area contributed by atoms with Crippen LogP contribution in [-0.2, 0) is 7.05 Å². The summed E-state index contributed by atoms with van der Waals surface area (Å²) in [5.74, 6) is 0.491. The van der Waals surface area contributed by atoms with E-state index in [1.165, 1.54) is 0 Å². The van der Waals surface area contributed by atoms with Gasteiger partial charge in [-0.05, 0) is 19.1 Å². The van der Waals surface area contributed by atoms with Gasteiger partial charge in [0.15, 0.2) is 0 Å². The summed E-state index contributed by atoms with van der Waals surface area (Å²) in [5.41, 5.74) is 10.1. The largest absolute Gasteiger partial charge is 0.369 e. The van der Waals surface area contributed by atoms with Crippen LogP contribution in [0, 0.1) is 6.92 Å². The van der Waals surface area contributed by atoms with Crippen molar-refractivity contribution in [2.75, 3.05) is 5.73 Å². The van der Waals surface area contributed by atoms with Gasteiger partial charge in [-0.25, -0.2) is 9.97 Å². The van der Waals surface area contributed by atoms with Crippen molar-refractivity contribution < 1.29 is 0 Å². The summed E-state index contributed by atoms with van der Waals surface area (Å²) in [7, 11) is 1.89. The van der Waals surface area contributed by atoms with E-state index in [4.69, 9.17) is 5.73 Å². The molecule has 0 spiro atoms. The first-order chi connectivity index (χ1) is 7.66. The van der Waals surface area contributed by atoms with Crippen LogP contribution in [0.3, 0.4) is 0 Å². The molecule has 0 atom stereocenters. The highest BCUT2D eigenvalue weighted by atomic mass is 15.7. The van der Waals surface area contributed by atoms with Crippen molar-refractivity contribution in [3.05, 3.63) is 24.0 Å². The Balaban J connectivity index is 2.57. The number of nitrogen functional groups attached to an aromatic ring is 1. The monoisotopic (exact) mass is 215 g/mol. The van der Waals surface area contributed by atoms with E-state index < -0.39 is 0 Å². The van der Waals surface area contributed by atoms with Crippen molar-refractivity contribution in [1.29, 1.82) is 0 Å². The molecule has 5 heteroatoms. The summed E-state index contributed by atoms with van der Waals surface area (Å²) in [4.78, 5) is 13.1. The summed E-state index contributed by atoms with van der Waals surface area (Å²) in [6.07, 6.45) is 1.75. The highest BCUT2D eigenvalue weighted by Crippen LogP contribution is 2.23. The summed E-state index contributed by atoms with van der Waals surface area (Å²) >= 11 is 0. The molecule has 0 aliphatic carbocycles. The normalized spacial score (nSPS) is 11.4. The average molecular weight is 215 g/mol. The van der Waals surface area contributed by atoms with Crippen LogP contribution >= 0.6 is 0 Å². The van der Waals surface area contributed by atoms with Crippen LogP contribution in [0.15, 0.2) is 18.3 Å². The van der Waals surface area contributed by atoms with Crippen LogP contribution in [0.4, 0.5) is 5.95 Å². The van der Waals surface area contributed by atoms with Crippen molar-refractivity contribution in [2.45, 2.75) is 6.92 Å². The van der Waals surface area contributed by atoms with Crippen LogP contribution in [0.2, 0.25) is 0 Å². The molecule has 0 saturated carbocycles. The topological polar surface area (TPSA) is 69.6 Å². The SMILES string of the molecule is Cc1cnc2ccc3c(n[14c](N)n3C)c2n1. The molecule has 0 aliphatic heterocycles. The first kappa shape index (κ1) is 9.08. The molecule has 2 heterocycles. The van der Waals surface area contributed by atoms with E-state index in [2.05, 4.69) is 15.0 Å². The molecule has 2 aromatic heterocycles. The number of nitrogens with two attached hydrogens (primary N) is 1. The number of imidazole rings is 1. The van der Waals surface area contributed by atoms with Crippen molar-refractivity contribution in [1.82, 2.24) is 19.5 Å². The third kappa shape index (κ3) is 1.08. The van der Waals surface area contributed by atoms with Gasteiger partial charge in [-0.15, -0.1) is 0 Å². The van der Waals surface area contributed by atoms with Gasteiger partial charge in [-0.3, -0.25) is 4.98 Å². The van der Waals surface area contributed by atoms with Gasteiger partial charge in [0.2, 0.25) is 5.95 Å². The second kappa shape index (κ2) is 2.91. The minimum atomic E-state index is 0.491. The zero-order valence-corrected chi connectivity index (χ0v) is 9.10. The van der Waals surface area contributed by atoms with Crippen LogP contribution in [0.25, 0.3) is 22.1 Å². The molecule has 3 rings (SSSR count). The molecule has 1 aromatic carbocycles. The van der Waals surface area contributed by atoms with E-state index in [0.29, 0.717) is 5.95 Å². The molecular weight excluding hydrogens is 204 g/mol. The number of anilines is 1. The quantitative estimate of drug-likeness (QED) is 0.615. The Labute approximate surface area is 91.9 Å². The number of hydrogen-bond acceptors (Lipinski definition) is 4. The van der Waals surface area contributed by atoms with E-state index in [1.807, 2.05) is 30.7 Å². The molecular formula is C11H11N5. The molecule has 0 unspecified atom stereocenters. The zero-order valence-electron chi connectivity index (χ0n) is 9.10. The number of rotatable bonds is 0. The van der Waals surface area contributed by atoms with E-state index in [1.54, 1.807) is 6.20 Å². The molecule has 0 radical (unpaired) electrons. The summed E-state index contributed by atoms with van der Waals surface area (Å²) < 4.78 is 1.85. The number of hydrogen-bond donors (Lipinski definition) is 1. The van der Waals surface area contributed by atoms with Gasteiger partial charge >= 0.3 is 0 Å². The van der Waals surface area contributed by atoms with E-state index in [9.17, 15) is 0 Å². The minimum absolute atomic E-state index is 0.491. The number of benzene rings is 1. The molecule has 80 valence electrons. The molecule has 3 aromatic rings.